The van der Waals surface area contributed by atoms with Crippen LogP contribution in [0.25, 0.3) is 0 Å². The Balaban J connectivity index is 1.62. The highest BCUT2D eigenvalue weighted by Crippen LogP contribution is 2.27. The van der Waals surface area contributed by atoms with Gasteiger partial charge in [0.25, 0.3) is 0 Å². The van der Waals surface area contributed by atoms with Crippen LogP contribution < -0.4 is 14.2 Å². The van der Waals surface area contributed by atoms with E-state index in [0.29, 0.717) is 30.8 Å². The zero-order valence-electron chi connectivity index (χ0n) is 20.7. The van der Waals surface area contributed by atoms with Crippen LogP contribution in [0.3, 0.4) is 0 Å². The van der Waals surface area contributed by atoms with Gasteiger partial charge in [0.15, 0.2) is 0 Å². The van der Waals surface area contributed by atoms with E-state index in [0.717, 1.165) is 6.08 Å². The van der Waals surface area contributed by atoms with Gasteiger partial charge in [0.1, 0.15) is 22.8 Å². The van der Waals surface area contributed by atoms with Crippen LogP contribution >= 0.6 is 0 Å². The molecule has 3 rings (SSSR count). The van der Waals surface area contributed by atoms with Crippen molar-refractivity contribution < 1.29 is 42.9 Å². The zero-order chi connectivity index (χ0) is 27.3. The first-order chi connectivity index (χ1) is 18.4. The van der Waals surface area contributed by atoms with E-state index in [2.05, 4.69) is 6.58 Å². The maximum atomic E-state index is 12.8. The molecule has 0 aliphatic carbocycles. The van der Waals surface area contributed by atoms with E-state index in [1.165, 1.54) is 37.4 Å². The van der Waals surface area contributed by atoms with Crippen molar-refractivity contribution in [2.45, 2.75) is 12.8 Å². The van der Waals surface area contributed by atoms with Crippen molar-refractivity contribution >= 4 is 23.9 Å². The maximum Gasteiger partial charge on any atom is 0.343 e. The van der Waals surface area contributed by atoms with Crippen molar-refractivity contribution in [3.63, 3.8) is 0 Å². The van der Waals surface area contributed by atoms with Crippen LogP contribution in [0.1, 0.15) is 43.9 Å². The molecule has 0 saturated heterocycles. The highest BCUT2D eigenvalue weighted by atomic mass is 16.6. The standard InChI is InChI=1S/C29H26O9/c1-3-26(30)36-18-8-7-17-35-22-13-11-21(12-14-22)28(32)38-25-19-23(15-16-24(25)29(33)34-2)37-27(31)20-9-5-4-6-10-20/h3-6,9-16,19H,1,7-8,17-18H2,2H3. The van der Waals surface area contributed by atoms with Crippen molar-refractivity contribution in [3.05, 3.63) is 102 Å². The lowest BCUT2D eigenvalue weighted by molar-refractivity contribution is -0.137. The second kappa shape index (κ2) is 14.0. The number of benzene rings is 3. The molecule has 38 heavy (non-hydrogen) atoms. The third-order valence-electron chi connectivity index (χ3n) is 5.09. The number of esters is 4. The topological polar surface area (TPSA) is 114 Å². The summed E-state index contributed by atoms with van der Waals surface area (Å²) >= 11 is 0. The summed E-state index contributed by atoms with van der Waals surface area (Å²) in [6, 6.07) is 18.6. The molecule has 0 amide bonds. The summed E-state index contributed by atoms with van der Waals surface area (Å²) in [6.07, 6.45) is 2.40. The summed E-state index contributed by atoms with van der Waals surface area (Å²) in [4.78, 5) is 48.4. The minimum Gasteiger partial charge on any atom is -0.494 e. The van der Waals surface area contributed by atoms with Gasteiger partial charge in [-0.3, -0.25) is 0 Å². The first-order valence-corrected chi connectivity index (χ1v) is 11.6. The van der Waals surface area contributed by atoms with Crippen LogP contribution in [0.4, 0.5) is 0 Å². The molecule has 0 saturated carbocycles. The molecule has 3 aromatic rings. The van der Waals surface area contributed by atoms with Crippen molar-refractivity contribution in [1.82, 2.24) is 0 Å². The number of unbranched alkanes of at least 4 members (excludes halogenated alkanes) is 1. The molecule has 9 heteroatoms. The minimum atomic E-state index is -0.739. The van der Waals surface area contributed by atoms with Crippen molar-refractivity contribution in [2.75, 3.05) is 20.3 Å². The summed E-state index contributed by atoms with van der Waals surface area (Å²) in [5, 5.41) is 0. The van der Waals surface area contributed by atoms with Gasteiger partial charge < -0.3 is 23.7 Å². The molecule has 0 aliphatic heterocycles. The van der Waals surface area contributed by atoms with Gasteiger partial charge in [-0.25, -0.2) is 19.2 Å². The average Bonchev–Trinajstić information content (AvgIpc) is 2.95. The summed E-state index contributed by atoms with van der Waals surface area (Å²) in [6.45, 7) is 4.00. The van der Waals surface area contributed by atoms with Gasteiger partial charge in [-0.05, 0) is 61.4 Å². The van der Waals surface area contributed by atoms with Gasteiger partial charge in [0.2, 0.25) is 0 Å². The number of rotatable bonds is 12. The van der Waals surface area contributed by atoms with E-state index in [1.54, 1.807) is 42.5 Å². The van der Waals surface area contributed by atoms with Gasteiger partial charge in [-0.15, -0.1) is 0 Å². The SMILES string of the molecule is C=CC(=O)OCCCCOc1ccc(C(=O)Oc2cc(OC(=O)c3ccccc3)ccc2C(=O)OC)cc1. The number of hydrogen-bond acceptors (Lipinski definition) is 9. The lowest BCUT2D eigenvalue weighted by Gasteiger charge is -2.12. The van der Waals surface area contributed by atoms with Crippen LogP contribution in [-0.4, -0.2) is 44.2 Å². The summed E-state index contributed by atoms with van der Waals surface area (Å²) < 4.78 is 26.1. The Bertz CT molecular complexity index is 1280. The molecule has 0 spiro atoms. The van der Waals surface area contributed by atoms with E-state index in [4.69, 9.17) is 23.7 Å². The molecule has 0 fully saturated rings. The molecule has 0 radical (unpaired) electrons. The van der Waals surface area contributed by atoms with E-state index in [-0.39, 0.29) is 29.2 Å². The lowest BCUT2D eigenvalue weighted by atomic mass is 10.1. The maximum absolute atomic E-state index is 12.8. The predicted octanol–water partition coefficient (Wildman–Crippen LogP) is 4.80. The first-order valence-electron chi connectivity index (χ1n) is 11.6. The highest BCUT2D eigenvalue weighted by molar-refractivity contribution is 5.97. The third-order valence-corrected chi connectivity index (χ3v) is 5.09. The zero-order valence-corrected chi connectivity index (χ0v) is 20.7. The number of carbonyl (C=O) groups is 4. The minimum absolute atomic E-state index is 0.0147. The molecule has 0 unspecified atom stereocenters. The van der Waals surface area contributed by atoms with Gasteiger partial charge >= 0.3 is 23.9 Å². The second-order valence-electron chi connectivity index (χ2n) is 7.75. The summed E-state index contributed by atoms with van der Waals surface area (Å²) in [5.74, 6) is -2.05. The lowest BCUT2D eigenvalue weighted by Crippen LogP contribution is -2.13. The van der Waals surface area contributed by atoms with Gasteiger partial charge in [-0.1, -0.05) is 24.8 Å². The van der Waals surface area contributed by atoms with Crippen molar-refractivity contribution in [2.24, 2.45) is 0 Å². The van der Waals surface area contributed by atoms with Crippen LogP contribution in [0.2, 0.25) is 0 Å². The molecule has 0 atom stereocenters. The number of carbonyl (C=O) groups excluding carboxylic acids is 4. The fraction of sp³-hybridized carbons (Fsp3) is 0.172. The molecule has 0 N–H and O–H groups in total. The monoisotopic (exact) mass is 518 g/mol. The Labute approximate surface area is 219 Å². The summed E-state index contributed by atoms with van der Waals surface area (Å²) in [5.41, 5.74) is 0.525. The normalized spacial score (nSPS) is 10.1. The molecular weight excluding hydrogens is 492 g/mol. The molecule has 0 bridgehead atoms. The van der Waals surface area contributed by atoms with E-state index in [1.807, 2.05) is 0 Å². The Morgan fingerprint density at radius 2 is 1.37 bits per heavy atom. The molecule has 0 aromatic heterocycles. The van der Waals surface area contributed by atoms with E-state index < -0.39 is 23.9 Å². The number of hydrogen-bond donors (Lipinski definition) is 0. The van der Waals surface area contributed by atoms with E-state index in [9.17, 15) is 19.2 Å². The van der Waals surface area contributed by atoms with Gasteiger partial charge in [0.05, 0.1) is 31.5 Å². The average molecular weight is 519 g/mol. The quantitative estimate of drug-likeness (QED) is 0.144. The molecule has 0 heterocycles. The van der Waals surface area contributed by atoms with Crippen LogP contribution in [-0.2, 0) is 14.3 Å². The molecular formula is C29H26O9. The number of ether oxygens (including phenoxy) is 5. The van der Waals surface area contributed by atoms with Crippen LogP contribution in [0.5, 0.6) is 17.2 Å². The van der Waals surface area contributed by atoms with Crippen LogP contribution in [0.15, 0.2) is 85.5 Å². The van der Waals surface area contributed by atoms with Crippen LogP contribution in [0, 0.1) is 0 Å². The molecule has 0 aliphatic rings. The highest BCUT2D eigenvalue weighted by Gasteiger charge is 2.19. The molecule has 3 aromatic carbocycles. The fourth-order valence-corrected chi connectivity index (χ4v) is 3.14. The Kier molecular flexibility index (Phi) is 10.2. The number of methoxy groups -OCH3 is 1. The van der Waals surface area contributed by atoms with Gasteiger partial charge in [0, 0.05) is 12.1 Å². The largest absolute Gasteiger partial charge is 0.494 e. The Morgan fingerprint density at radius 1 is 0.737 bits per heavy atom. The molecule has 9 nitrogen and oxygen atoms in total. The van der Waals surface area contributed by atoms with Crippen molar-refractivity contribution in [3.8, 4) is 17.2 Å². The second-order valence-corrected chi connectivity index (χ2v) is 7.75. The first kappa shape index (κ1) is 27.7. The third kappa shape index (κ3) is 8.06. The smallest absolute Gasteiger partial charge is 0.343 e. The van der Waals surface area contributed by atoms with E-state index >= 15 is 0 Å². The summed E-state index contributed by atoms with van der Waals surface area (Å²) in [7, 11) is 1.20. The van der Waals surface area contributed by atoms with Gasteiger partial charge in [-0.2, -0.15) is 0 Å². The molecule has 196 valence electrons. The predicted molar refractivity (Wildman–Crippen MR) is 136 cm³/mol. The Hall–Kier alpha value is -4.92. The van der Waals surface area contributed by atoms with Crippen molar-refractivity contribution in [1.29, 1.82) is 0 Å². The fourth-order valence-electron chi connectivity index (χ4n) is 3.14. The Morgan fingerprint density at radius 3 is 2.05 bits per heavy atom.